The number of fused-ring (bicyclic) bond motifs is 1. The average Bonchev–Trinajstić information content (AvgIpc) is 3.41. The molecule has 3 aromatic carbocycles. The van der Waals surface area contributed by atoms with Gasteiger partial charge < -0.3 is 29.7 Å². The maximum atomic E-state index is 14.0. The summed E-state index contributed by atoms with van der Waals surface area (Å²) in [6, 6.07) is 22.5. The number of aryl methyl sites for hydroxylation is 1. The molecular weight excluding hydrogens is 621 g/mol. The van der Waals surface area contributed by atoms with Crippen molar-refractivity contribution in [3.05, 3.63) is 77.9 Å². The van der Waals surface area contributed by atoms with Crippen molar-refractivity contribution in [1.29, 1.82) is 0 Å². The Labute approximate surface area is 287 Å². The fourth-order valence-electron chi connectivity index (χ4n) is 7.92. The molecule has 260 valence electrons. The molecule has 0 bridgehead atoms. The van der Waals surface area contributed by atoms with Crippen LogP contribution >= 0.6 is 0 Å². The minimum atomic E-state index is -1.96. The van der Waals surface area contributed by atoms with E-state index >= 15 is 0 Å². The van der Waals surface area contributed by atoms with Gasteiger partial charge in [0.15, 0.2) is 0 Å². The molecule has 5 atom stereocenters. The second-order valence-electron chi connectivity index (χ2n) is 13.8. The van der Waals surface area contributed by atoms with Crippen molar-refractivity contribution < 1.29 is 29.2 Å². The summed E-state index contributed by atoms with van der Waals surface area (Å²) >= 11 is 0. The number of hydrogen-bond acceptors (Lipinski definition) is 7. The normalized spacial score (nSPS) is 22.5. The first-order chi connectivity index (χ1) is 23.2. The highest BCUT2D eigenvalue weighted by atomic mass is 28.3. The van der Waals surface area contributed by atoms with E-state index in [1.165, 1.54) is 5.19 Å². The van der Waals surface area contributed by atoms with Crippen LogP contribution in [0.4, 0.5) is 11.4 Å². The summed E-state index contributed by atoms with van der Waals surface area (Å²) in [5.74, 6) is 2.04. The van der Waals surface area contributed by atoms with Crippen LogP contribution in [0.5, 0.6) is 11.5 Å². The zero-order chi connectivity index (χ0) is 34.3. The molecule has 0 radical (unpaired) electrons. The Balaban J connectivity index is 1.34. The molecule has 0 spiro atoms. The van der Waals surface area contributed by atoms with Crippen LogP contribution in [0.3, 0.4) is 0 Å². The van der Waals surface area contributed by atoms with Crippen LogP contribution in [-0.4, -0.2) is 75.9 Å². The largest absolute Gasteiger partial charge is 0.497 e. The third-order valence-electron chi connectivity index (χ3n) is 10.4. The minimum absolute atomic E-state index is 0.0240. The first-order valence-corrected chi connectivity index (χ1v) is 20.7. The summed E-state index contributed by atoms with van der Waals surface area (Å²) in [5, 5.41) is 24.0. The fraction of sp³-hybridized carbons (Fsp3) is 0.513. The Bertz CT molecular complexity index is 1500. The van der Waals surface area contributed by atoms with Crippen LogP contribution in [0, 0.1) is 5.92 Å². The molecule has 9 heteroatoms. The van der Waals surface area contributed by atoms with E-state index in [2.05, 4.69) is 67.8 Å². The number of hydrogen-bond donors (Lipinski definition) is 3. The number of unbranched alkanes of at least 4 members (excludes halogenated alkanes) is 1. The van der Waals surface area contributed by atoms with Crippen LogP contribution in [0.15, 0.2) is 66.7 Å². The Morgan fingerprint density at radius 3 is 2.44 bits per heavy atom. The van der Waals surface area contributed by atoms with E-state index in [1.807, 2.05) is 36.1 Å². The number of aliphatic hydroxyl groups is 2. The number of ether oxygens (including phenoxy) is 3. The zero-order valence-electron chi connectivity index (χ0n) is 29.3. The van der Waals surface area contributed by atoms with Gasteiger partial charge in [0, 0.05) is 18.9 Å². The van der Waals surface area contributed by atoms with E-state index in [0.717, 1.165) is 53.3 Å². The molecule has 5 rings (SSSR count). The Morgan fingerprint density at radius 2 is 1.73 bits per heavy atom. The van der Waals surface area contributed by atoms with Crippen molar-refractivity contribution in [3.63, 3.8) is 0 Å². The lowest BCUT2D eigenvalue weighted by Crippen LogP contribution is -2.50. The van der Waals surface area contributed by atoms with Gasteiger partial charge in [-0.15, -0.1) is 0 Å². The van der Waals surface area contributed by atoms with Crippen LogP contribution in [-0.2, 0) is 22.4 Å². The van der Waals surface area contributed by atoms with Gasteiger partial charge in [0.1, 0.15) is 11.5 Å². The summed E-state index contributed by atoms with van der Waals surface area (Å²) in [5.41, 5.74) is 4.36. The quantitative estimate of drug-likeness (QED) is 0.132. The molecule has 1 amide bonds. The fourth-order valence-corrected chi connectivity index (χ4v) is 12.0. The smallest absolute Gasteiger partial charge is 0.249 e. The van der Waals surface area contributed by atoms with Crippen LogP contribution in [0.2, 0.25) is 18.6 Å². The molecule has 1 unspecified atom stereocenters. The molecule has 0 aromatic heterocycles. The summed E-state index contributed by atoms with van der Waals surface area (Å²) in [6.45, 7) is 10.7. The predicted molar refractivity (Wildman–Crippen MR) is 195 cm³/mol. The molecule has 2 heterocycles. The Morgan fingerprint density at radius 1 is 0.958 bits per heavy atom. The van der Waals surface area contributed by atoms with Crippen molar-refractivity contribution in [2.45, 2.75) is 89.3 Å². The van der Waals surface area contributed by atoms with Gasteiger partial charge in [-0.05, 0) is 117 Å². The van der Waals surface area contributed by atoms with E-state index < -0.39 is 8.07 Å². The van der Waals surface area contributed by atoms with E-state index in [9.17, 15) is 15.0 Å². The number of nitrogens with one attached hydrogen (secondary N) is 1. The Hall–Kier alpha value is -3.21. The van der Waals surface area contributed by atoms with Crippen LogP contribution in [0.25, 0.3) is 0 Å². The SMILES string of the molecule is CCOc1ccc2c(c1)CC(NCCCCO)C(=O)N2c1cccc(CC[C@H]2O[C@@H](CCO)[C@H]([Si](C)(C)c3ccc(OC)cc3)[C@H]2C)c1. The number of carbonyl (C=O) groups excluding carboxylic acids is 1. The number of benzene rings is 3. The lowest BCUT2D eigenvalue weighted by Gasteiger charge is -2.36. The third kappa shape index (κ3) is 7.98. The molecule has 3 N–H and O–H groups in total. The second kappa shape index (κ2) is 16.5. The van der Waals surface area contributed by atoms with Gasteiger partial charge in [-0.25, -0.2) is 0 Å². The van der Waals surface area contributed by atoms with Crippen LogP contribution < -0.4 is 24.9 Å². The topological polar surface area (TPSA) is 100 Å². The number of carbonyl (C=O) groups is 1. The zero-order valence-corrected chi connectivity index (χ0v) is 30.3. The first kappa shape index (κ1) is 36.1. The molecule has 1 saturated heterocycles. The van der Waals surface area contributed by atoms with Crippen LogP contribution in [0.1, 0.15) is 50.7 Å². The second-order valence-corrected chi connectivity index (χ2v) is 18.5. The summed E-state index contributed by atoms with van der Waals surface area (Å²) in [4.78, 5) is 15.9. The molecule has 2 aliphatic rings. The van der Waals surface area contributed by atoms with Gasteiger partial charge in [0.25, 0.3) is 0 Å². The molecule has 1 fully saturated rings. The van der Waals surface area contributed by atoms with Gasteiger partial charge in [-0.2, -0.15) is 0 Å². The predicted octanol–water partition coefficient (Wildman–Crippen LogP) is 5.75. The van der Waals surface area contributed by atoms with E-state index in [4.69, 9.17) is 14.2 Å². The Kier molecular flexibility index (Phi) is 12.4. The molecule has 48 heavy (non-hydrogen) atoms. The monoisotopic (exact) mass is 674 g/mol. The number of anilines is 2. The third-order valence-corrected chi connectivity index (χ3v) is 14.8. The molecule has 3 aromatic rings. The highest BCUT2D eigenvalue weighted by molar-refractivity contribution is 6.91. The van der Waals surface area contributed by atoms with E-state index in [-0.39, 0.29) is 37.4 Å². The number of amides is 1. The number of nitrogens with zero attached hydrogens (tertiary/aromatic N) is 1. The van der Waals surface area contributed by atoms with Crippen molar-refractivity contribution in [2.75, 3.05) is 38.4 Å². The standard InChI is InChI=1S/C39H54N2O6Si/c1-6-46-32-15-18-35-29(25-32)26-34(40-21-7-8-22-42)39(44)41(35)30-11-9-10-28(24-30)12-19-36-27(2)38(37(47-36)20-23-43)48(4,5)33-16-13-31(45-3)14-17-33/h9-11,13-18,24-25,27,34,36-38,40,42-43H,6-8,12,19-23,26H2,1-5H3/t27-,34?,36+,37-,38+/m0/s1. The lowest BCUT2D eigenvalue weighted by atomic mass is 9.94. The highest BCUT2D eigenvalue weighted by Crippen LogP contribution is 2.46. The maximum Gasteiger partial charge on any atom is 0.249 e. The van der Waals surface area contributed by atoms with E-state index in [1.54, 1.807) is 7.11 Å². The number of aliphatic hydroxyl groups excluding tert-OH is 2. The summed E-state index contributed by atoms with van der Waals surface area (Å²) in [7, 11) is -0.268. The molecule has 0 aliphatic carbocycles. The van der Waals surface area contributed by atoms with Crippen molar-refractivity contribution in [2.24, 2.45) is 5.92 Å². The number of methoxy groups -OCH3 is 1. The maximum absolute atomic E-state index is 14.0. The lowest BCUT2D eigenvalue weighted by molar-refractivity contribution is -0.120. The van der Waals surface area contributed by atoms with E-state index in [0.29, 0.717) is 43.9 Å². The van der Waals surface area contributed by atoms with Gasteiger partial charge in [-0.3, -0.25) is 9.69 Å². The number of rotatable bonds is 16. The van der Waals surface area contributed by atoms with Gasteiger partial charge in [-0.1, -0.05) is 49.5 Å². The minimum Gasteiger partial charge on any atom is -0.497 e. The highest BCUT2D eigenvalue weighted by Gasteiger charge is 2.50. The molecule has 2 aliphatic heterocycles. The van der Waals surface area contributed by atoms with Gasteiger partial charge in [0.05, 0.1) is 45.7 Å². The first-order valence-electron chi connectivity index (χ1n) is 17.7. The van der Waals surface area contributed by atoms with Crippen molar-refractivity contribution in [3.8, 4) is 11.5 Å². The summed E-state index contributed by atoms with van der Waals surface area (Å²) < 4.78 is 18.0. The van der Waals surface area contributed by atoms with Crippen molar-refractivity contribution >= 4 is 30.5 Å². The van der Waals surface area contributed by atoms with Crippen molar-refractivity contribution in [1.82, 2.24) is 5.32 Å². The molecule has 8 nitrogen and oxygen atoms in total. The average molecular weight is 675 g/mol. The van der Waals surface area contributed by atoms with Gasteiger partial charge >= 0.3 is 0 Å². The van der Waals surface area contributed by atoms with Gasteiger partial charge in [0.2, 0.25) is 5.91 Å². The molecule has 0 saturated carbocycles. The summed E-state index contributed by atoms with van der Waals surface area (Å²) in [6.07, 6.45) is 4.55. The molecular formula is C39H54N2O6Si.